The first kappa shape index (κ1) is 36.3. The summed E-state index contributed by atoms with van der Waals surface area (Å²) < 4.78 is 40.5. The van der Waals surface area contributed by atoms with Crippen LogP contribution in [-0.2, 0) is 11.0 Å². The number of alkyl halides is 3. The molecule has 0 aromatic heterocycles. The average Bonchev–Trinajstić information content (AvgIpc) is 3.42. The van der Waals surface area contributed by atoms with Crippen molar-refractivity contribution in [3.8, 4) is 0 Å². The number of carboxylic acids is 1. The molecule has 1 heterocycles. The molecule has 9 heteroatoms. The van der Waals surface area contributed by atoms with Gasteiger partial charge in [0.15, 0.2) is 0 Å². The van der Waals surface area contributed by atoms with Crippen LogP contribution in [-0.4, -0.2) is 50.8 Å². The molecule has 1 aromatic rings. The van der Waals surface area contributed by atoms with Crippen LogP contribution in [0.2, 0.25) is 0 Å². The summed E-state index contributed by atoms with van der Waals surface area (Å²) in [6.45, 7) is 3.46. The summed E-state index contributed by atoms with van der Waals surface area (Å²) in [5.74, 6) is 0.154. The van der Waals surface area contributed by atoms with Crippen LogP contribution in [0.1, 0.15) is 134 Å². The normalized spacial score (nSPS) is 34.1. The number of nitrogens with one attached hydrogen (secondary N) is 1. The number of hydrogen-bond acceptors (Lipinski definition) is 5. The number of rotatable bonds is 12. The van der Waals surface area contributed by atoms with Gasteiger partial charge in [-0.25, -0.2) is 0 Å². The van der Waals surface area contributed by atoms with Crippen LogP contribution in [0.25, 0.3) is 5.57 Å². The van der Waals surface area contributed by atoms with Gasteiger partial charge in [-0.2, -0.15) is 13.2 Å². The summed E-state index contributed by atoms with van der Waals surface area (Å²) in [5.41, 5.74) is -1.79. The largest absolute Gasteiger partial charge is 0.480 e. The molecule has 0 spiro atoms. The van der Waals surface area contributed by atoms with E-state index in [1.807, 2.05) is 0 Å². The molecule has 3 atom stereocenters. The zero-order valence-electron chi connectivity index (χ0n) is 29.0. The third-order valence-electron chi connectivity index (χ3n) is 12.4. The summed E-state index contributed by atoms with van der Waals surface area (Å²) in [6.07, 6.45) is 19.9. The second-order valence-electron chi connectivity index (χ2n) is 16.1. The highest BCUT2D eigenvalue weighted by molar-refractivity contribution is 6.37. The van der Waals surface area contributed by atoms with Crippen molar-refractivity contribution in [2.45, 2.75) is 146 Å². The van der Waals surface area contributed by atoms with E-state index in [2.05, 4.69) is 17.2 Å². The van der Waals surface area contributed by atoms with Crippen LogP contribution in [0.4, 0.5) is 18.9 Å². The highest BCUT2D eigenvalue weighted by Crippen LogP contribution is 2.57. The Morgan fingerprint density at radius 2 is 1.61 bits per heavy atom. The number of carboxylic acid groups (broad SMARTS) is 1. The molecule has 7 aliphatic rings. The number of aliphatic hydroxyl groups excluding tert-OH is 1. The molecule has 0 amide bonds. The molecular weight excluding hydrogens is 629 g/mol. The molecule has 5 saturated carbocycles. The molecule has 49 heavy (non-hydrogen) atoms. The second-order valence-corrected chi connectivity index (χ2v) is 16.1. The smallest absolute Gasteiger partial charge is 0.417 e. The fourth-order valence-corrected chi connectivity index (χ4v) is 10.5. The third kappa shape index (κ3) is 7.59. The molecule has 6 aliphatic carbocycles. The summed E-state index contributed by atoms with van der Waals surface area (Å²) in [4.78, 5) is 16.8. The van der Waals surface area contributed by atoms with Gasteiger partial charge < -0.3 is 20.6 Å². The number of allylic oxidation sites excluding steroid dienone is 3. The molecule has 3 unspecified atom stereocenters. The van der Waals surface area contributed by atoms with Crippen molar-refractivity contribution in [3.05, 3.63) is 47.6 Å². The Labute approximate surface area is 289 Å². The van der Waals surface area contributed by atoms with E-state index >= 15 is 0 Å². The number of halogens is 3. The van der Waals surface area contributed by atoms with Gasteiger partial charge in [0.25, 0.3) is 0 Å². The molecule has 270 valence electrons. The van der Waals surface area contributed by atoms with Crippen LogP contribution in [0, 0.1) is 23.2 Å². The van der Waals surface area contributed by atoms with Gasteiger partial charge in [0.2, 0.25) is 0 Å². The highest BCUT2D eigenvalue weighted by atomic mass is 19.4. The molecule has 6 nitrogen and oxygen atoms in total. The Balaban J connectivity index is 0.000000174. The van der Waals surface area contributed by atoms with E-state index in [0.29, 0.717) is 31.2 Å². The van der Waals surface area contributed by atoms with E-state index in [1.54, 1.807) is 6.08 Å². The lowest BCUT2D eigenvalue weighted by Gasteiger charge is -2.60. The van der Waals surface area contributed by atoms with Crippen LogP contribution in [0.3, 0.4) is 0 Å². The minimum atomic E-state index is -4.56. The van der Waals surface area contributed by atoms with Crippen molar-refractivity contribution >= 4 is 22.9 Å². The van der Waals surface area contributed by atoms with Crippen molar-refractivity contribution in [2.24, 2.45) is 28.2 Å². The minimum absolute atomic E-state index is 0.0502. The molecule has 4 bridgehead atoms. The van der Waals surface area contributed by atoms with Gasteiger partial charge >= 0.3 is 12.1 Å². The van der Waals surface area contributed by atoms with Crippen molar-refractivity contribution in [1.82, 2.24) is 5.32 Å². The van der Waals surface area contributed by atoms with Crippen molar-refractivity contribution in [2.75, 3.05) is 6.54 Å². The summed E-state index contributed by atoms with van der Waals surface area (Å²) in [6, 6.07) is 3.76. The van der Waals surface area contributed by atoms with Crippen LogP contribution in [0.15, 0.2) is 41.4 Å². The van der Waals surface area contributed by atoms with Gasteiger partial charge in [-0.05, 0) is 107 Å². The Morgan fingerprint density at radius 1 is 0.959 bits per heavy atom. The topological polar surface area (TPSA) is 102 Å². The van der Waals surface area contributed by atoms with E-state index in [1.165, 1.54) is 101 Å². The number of benzene rings is 1. The van der Waals surface area contributed by atoms with Crippen molar-refractivity contribution < 1.29 is 33.3 Å². The maximum absolute atomic E-state index is 13.5. The summed E-state index contributed by atoms with van der Waals surface area (Å²) in [5, 5.41) is 34.6. The molecule has 0 radical (unpaired) electrons. The second kappa shape index (κ2) is 14.6. The lowest BCUT2D eigenvalue weighted by atomic mass is 9.51. The fraction of sp³-hybridized carbons (Fsp3) is 0.700. The van der Waals surface area contributed by atoms with E-state index in [4.69, 9.17) is 0 Å². The van der Waals surface area contributed by atoms with E-state index in [0.717, 1.165) is 37.2 Å². The number of fused-ring (bicyclic) bond motifs is 3. The molecule has 1 aliphatic heterocycles. The number of unbranched alkanes of at least 4 members (excludes halogenated alkanes) is 7. The predicted molar refractivity (Wildman–Crippen MR) is 187 cm³/mol. The standard InChI is InChI=1S/C20H18F3NO3.C20H37NO/c21-20(22,23)14-4-1-5-15-16(14)13-3-2-10-19(18(26)27,17(13)24-15)11-6-8-12(25)9-7-11;1-2-3-4-5-6-7-8-9-10-21-19-12-17-11-18(13-19)15-20(22,14-17)16-19/h1-5,10-12,25H,6-9H2,(H,26,27);17-18,21-22H,2-16H2,1H3. The maximum Gasteiger partial charge on any atom is 0.417 e. The predicted octanol–water partition coefficient (Wildman–Crippen LogP) is 9.17. The van der Waals surface area contributed by atoms with E-state index in [-0.39, 0.29) is 34.1 Å². The monoisotopic (exact) mass is 684 g/mol. The zero-order valence-corrected chi connectivity index (χ0v) is 29.0. The van der Waals surface area contributed by atoms with Gasteiger partial charge in [0.1, 0.15) is 5.41 Å². The number of aliphatic carboxylic acids is 1. The summed E-state index contributed by atoms with van der Waals surface area (Å²) >= 11 is 0. The Kier molecular flexibility index (Phi) is 10.8. The summed E-state index contributed by atoms with van der Waals surface area (Å²) in [7, 11) is 0. The minimum Gasteiger partial charge on any atom is -0.480 e. The van der Waals surface area contributed by atoms with Crippen molar-refractivity contribution in [1.29, 1.82) is 0 Å². The molecular formula is C40H55F3N2O4. The molecule has 8 rings (SSSR count). The lowest BCUT2D eigenvalue weighted by Crippen LogP contribution is -2.64. The van der Waals surface area contributed by atoms with Crippen LogP contribution < -0.4 is 5.32 Å². The first-order valence-corrected chi connectivity index (χ1v) is 19.0. The van der Waals surface area contributed by atoms with Crippen molar-refractivity contribution in [3.63, 3.8) is 0 Å². The number of hydrogen-bond donors (Lipinski definition) is 4. The SMILES string of the molecule is CCCCCCCCCCNC12CC3CC(CC(O)(C3)C1)C2.O=C(O)C1(C2CCC(O)CC2)C=CC=C2C1=Nc1cccc(C(F)(F)F)c12. The Hall–Kier alpha value is -2.49. The van der Waals surface area contributed by atoms with Gasteiger partial charge in [-0.15, -0.1) is 0 Å². The molecule has 5 fully saturated rings. The molecule has 0 saturated heterocycles. The highest BCUT2D eigenvalue weighted by Gasteiger charge is 2.57. The average molecular weight is 685 g/mol. The van der Waals surface area contributed by atoms with E-state index < -0.39 is 29.2 Å². The van der Waals surface area contributed by atoms with Crippen LogP contribution in [0.5, 0.6) is 0 Å². The zero-order chi connectivity index (χ0) is 34.9. The maximum atomic E-state index is 13.5. The molecule has 4 N–H and O–H groups in total. The van der Waals surface area contributed by atoms with Gasteiger partial charge in [0, 0.05) is 16.7 Å². The lowest BCUT2D eigenvalue weighted by molar-refractivity contribution is -0.145. The quantitative estimate of drug-likeness (QED) is 0.165. The van der Waals surface area contributed by atoms with E-state index in [9.17, 15) is 33.3 Å². The number of aliphatic hydroxyl groups is 2. The van der Waals surface area contributed by atoms with Crippen LogP contribution >= 0.6 is 0 Å². The first-order chi connectivity index (χ1) is 23.4. The fourth-order valence-electron chi connectivity index (χ4n) is 10.5. The number of carbonyl (C=O) groups is 1. The van der Waals surface area contributed by atoms with Gasteiger partial charge in [0.05, 0.1) is 28.7 Å². The number of aliphatic imine (C=N–C) groups is 1. The number of nitrogens with zero attached hydrogens (tertiary/aromatic N) is 1. The van der Waals surface area contributed by atoms with Gasteiger partial charge in [-0.1, -0.05) is 76.2 Å². The molecule has 1 aromatic carbocycles. The first-order valence-electron chi connectivity index (χ1n) is 19.0. The Bertz CT molecular complexity index is 1430. The third-order valence-corrected chi connectivity index (χ3v) is 12.4. The Morgan fingerprint density at radius 3 is 2.22 bits per heavy atom. The van der Waals surface area contributed by atoms with Gasteiger partial charge in [-0.3, -0.25) is 9.79 Å².